The normalized spacial score (nSPS) is 16.3. The van der Waals surface area contributed by atoms with Crippen LogP contribution in [0, 0.1) is 5.82 Å². The van der Waals surface area contributed by atoms with E-state index in [1.165, 1.54) is 7.11 Å². The molecule has 0 amide bonds. The van der Waals surface area contributed by atoms with Gasteiger partial charge in [-0.25, -0.2) is 9.37 Å². The number of methoxy groups -OCH3 is 1. The van der Waals surface area contributed by atoms with Gasteiger partial charge >= 0.3 is 5.97 Å². The highest BCUT2D eigenvalue weighted by molar-refractivity contribution is 5.75. The van der Waals surface area contributed by atoms with E-state index in [2.05, 4.69) is 4.98 Å². The van der Waals surface area contributed by atoms with Crippen molar-refractivity contribution < 1.29 is 23.1 Å². The van der Waals surface area contributed by atoms with Crippen molar-refractivity contribution in [2.24, 2.45) is 0 Å². The molecule has 1 rings (SSSR count). The average molecular weight is 202 g/mol. The Hall–Kier alpha value is -1.65. The second-order valence-corrected chi connectivity index (χ2v) is 2.52. The summed E-state index contributed by atoms with van der Waals surface area (Å²) in [6.45, 7) is -2.85. The number of nitrogens with zero attached hydrogens (tertiary/aromatic N) is 1. The van der Waals surface area contributed by atoms with E-state index in [4.69, 9.17) is 14.0 Å². The molecule has 1 unspecified atom stereocenters. The minimum absolute atomic E-state index is 0.0445. The number of aromatic nitrogens is 1. The number of carboxylic acids is 1. The molecule has 14 heavy (non-hydrogen) atoms. The van der Waals surface area contributed by atoms with Crippen molar-refractivity contribution in [2.45, 2.75) is 12.8 Å². The number of halogens is 1. The second-order valence-electron chi connectivity index (χ2n) is 2.52. The number of hydrogen-bond acceptors (Lipinski definition) is 3. The van der Waals surface area contributed by atoms with Gasteiger partial charge in [-0.2, -0.15) is 0 Å². The van der Waals surface area contributed by atoms with Crippen LogP contribution in [0.15, 0.2) is 12.3 Å². The van der Waals surface area contributed by atoms with Gasteiger partial charge in [0.1, 0.15) is 5.82 Å². The Morgan fingerprint density at radius 1 is 1.86 bits per heavy atom. The molecule has 0 bridgehead atoms. The lowest BCUT2D eigenvalue weighted by molar-refractivity contribution is -0.138. The molecule has 1 N–H and O–H groups in total. The first kappa shape index (κ1) is 6.75. The highest BCUT2D eigenvalue weighted by Gasteiger charge is 2.18. The zero-order valence-corrected chi connectivity index (χ0v) is 7.32. The summed E-state index contributed by atoms with van der Waals surface area (Å²) in [6.07, 6.45) is 0.732. The van der Waals surface area contributed by atoms with Crippen molar-refractivity contribution in [1.29, 1.82) is 0 Å². The van der Waals surface area contributed by atoms with Crippen LogP contribution >= 0.6 is 0 Å². The van der Waals surface area contributed by atoms with Crippen LogP contribution in [-0.2, 0) is 4.79 Å². The molecule has 1 heterocycles. The maximum absolute atomic E-state index is 13.4. The van der Waals surface area contributed by atoms with E-state index >= 15 is 0 Å². The predicted molar refractivity (Wildman–Crippen MR) is 46.8 cm³/mol. The molecule has 76 valence electrons. The predicted octanol–water partition coefficient (Wildman–Crippen LogP) is 1.42. The average Bonchev–Trinajstić information content (AvgIpc) is 2.18. The summed E-state index contributed by atoms with van der Waals surface area (Å²) in [6, 6.07) is 0.973. The van der Waals surface area contributed by atoms with E-state index < -0.39 is 30.1 Å². The number of aliphatic carboxylic acids is 1. The Labute approximate surface area is 84.6 Å². The third kappa shape index (κ3) is 1.99. The Balaban J connectivity index is 3.32. The molecule has 0 saturated carbocycles. The van der Waals surface area contributed by atoms with Crippen molar-refractivity contribution in [2.75, 3.05) is 7.11 Å². The fourth-order valence-electron chi connectivity index (χ4n) is 0.900. The highest BCUT2D eigenvalue weighted by Crippen LogP contribution is 2.21. The van der Waals surface area contributed by atoms with Crippen molar-refractivity contribution in [3.8, 4) is 5.88 Å². The highest BCUT2D eigenvalue weighted by atomic mass is 19.1. The number of pyridine rings is 1. The molecular formula is C9H10FNO3. The lowest BCUT2D eigenvalue weighted by Crippen LogP contribution is -2.10. The number of carboxylic acid groups (broad SMARTS) is 1. The number of rotatable bonds is 3. The molecule has 1 atom stereocenters. The third-order valence-corrected chi connectivity index (χ3v) is 1.63. The Morgan fingerprint density at radius 3 is 3.07 bits per heavy atom. The van der Waals surface area contributed by atoms with E-state index in [-0.39, 0.29) is 5.88 Å². The summed E-state index contributed by atoms with van der Waals surface area (Å²) in [5.41, 5.74) is -0.468. The van der Waals surface area contributed by atoms with Gasteiger partial charge in [-0.3, -0.25) is 4.79 Å². The zero-order valence-electron chi connectivity index (χ0n) is 10.3. The molecule has 1 aromatic rings. The smallest absolute Gasteiger partial charge is 0.310 e. The van der Waals surface area contributed by atoms with Crippen LogP contribution < -0.4 is 4.74 Å². The van der Waals surface area contributed by atoms with Crippen molar-refractivity contribution in [3.05, 3.63) is 23.6 Å². The van der Waals surface area contributed by atoms with Crippen LogP contribution in [0.4, 0.5) is 4.39 Å². The third-order valence-electron chi connectivity index (χ3n) is 1.63. The molecule has 0 aliphatic rings. The fourth-order valence-corrected chi connectivity index (χ4v) is 0.900. The second kappa shape index (κ2) is 4.04. The lowest BCUT2D eigenvalue weighted by Gasteiger charge is -2.08. The van der Waals surface area contributed by atoms with Crippen LogP contribution in [0.5, 0.6) is 5.88 Å². The van der Waals surface area contributed by atoms with E-state index in [1.807, 2.05) is 0 Å². The van der Waals surface area contributed by atoms with Gasteiger partial charge in [0.15, 0.2) is 0 Å². The minimum Gasteiger partial charge on any atom is -0.481 e. The maximum atomic E-state index is 13.4. The summed E-state index contributed by atoms with van der Waals surface area (Å²) < 4.78 is 39.4. The molecule has 0 aliphatic carbocycles. The van der Waals surface area contributed by atoms with Gasteiger partial charge < -0.3 is 9.84 Å². The van der Waals surface area contributed by atoms with E-state index in [1.54, 1.807) is 0 Å². The quantitative estimate of drug-likeness (QED) is 0.805. The van der Waals surface area contributed by atoms with E-state index in [0.717, 1.165) is 12.3 Å². The van der Waals surface area contributed by atoms with Crippen LogP contribution in [-0.4, -0.2) is 23.2 Å². The van der Waals surface area contributed by atoms with Crippen molar-refractivity contribution in [3.63, 3.8) is 0 Å². The largest absolute Gasteiger partial charge is 0.481 e. The van der Waals surface area contributed by atoms with Gasteiger partial charge in [0, 0.05) is 15.7 Å². The SMILES string of the molecule is [2H]C([2H])([2H])C(C(=O)O)c1cc(OC)ncc1F. The first-order valence-corrected chi connectivity index (χ1v) is 3.69. The Kier molecular flexibility index (Phi) is 1.95. The number of carbonyl (C=O) groups is 1. The van der Waals surface area contributed by atoms with Crippen LogP contribution in [0.1, 0.15) is 22.4 Å². The van der Waals surface area contributed by atoms with Gasteiger partial charge in [0.25, 0.3) is 0 Å². The minimum atomic E-state index is -2.85. The molecule has 0 radical (unpaired) electrons. The topological polar surface area (TPSA) is 59.4 Å². The summed E-state index contributed by atoms with van der Waals surface area (Å²) in [5, 5.41) is 8.86. The van der Waals surface area contributed by atoms with Gasteiger partial charge in [-0.15, -0.1) is 0 Å². The van der Waals surface area contributed by atoms with E-state index in [0.29, 0.717) is 0 Å². The molecule has 0 spiro atoms. The van der Waals surface area contributed by atoms with Gasteiger partial charge in [-0.1, -0.05) is 0 Å². The Bertz CT molecular complexity index is 436. The zero-order chi connectivity index (χ0) is 13.2. The van der Waals surface area contributed by atoms with Crippen molar-refractivity contribution in [1.82, 2.24) is 4.98 Å². The monoisotopic (exact) mass is 202 g/mol. The first-order valence-electron chi connectivity index (χ1n) is 5.19. The molecule has 4 nitrogen and oxygen atoms in total. The molecule has 0 fully saturated rings. The molecule has 0 aromatic carbocycles. The molecule has 0 aliphatic heterocycles. The first-order chi connectivity index (χ1) is 7.77. The molecule has 1 aromatic heterocycles. The molecule has 5 heteroatoms. The van der Waals surface area contributed by atoms with Crippen LogP contribution in [0.3, 0.4) is 0 Å². The van der Waals surface area contributed by atoms with Crippen molar-refractivity contribution >= 4 is 5.97 Å². The van der Waals surface area contributed by atoms with E-state index in [9.17, 15) is 9.18 Å². The number of hydrogen-bond donors (Lipinski definition) is 1. The number of ether oxygens (including phenoxy) is 1. The van der Waals surface area contributed by atoms with Crippen LogP contribution in [0.25, 0.3) is 0 Å². The maximum Gasteiger partial charge on any atom is 0.310 e. The van der Waals surface area contributed by atoms with Gasteiger partial charge in [-0.05, 0) is 6.85 Å². The van der Waals surface area contributed by atoms with Gasteiger partial charge in [0.05, 0.1) is 19.2 Å². The standard InChI is InChI=1S/C9H10FNO3/c1-5(9(12)13)6-3-8(14-2)11-4-7(6)10/h3-5H,1-2H3,(H,12,13)/i1D3. The summed E-state index contributed by atoms with van der Waals surface area (Å²) in [4.78, 5) is 14.4. The van der Waals surface area contributed by atoms with Gasteiger partial charge in [0.2, 0.25) is 5.88 Å². The summed E-state index contributed by atoms with van der Waals surface area (Å²) >= 11 is 0. The molecular weight excluding hydrogens is 189 g/mol. The lowest BCUT2D eigenvalue weighted by atomic mass is 10.0. The van der Waals surface area contributed by atoms with Crippen LogP contribution in [0.2, 0.25) is 0 Å². The molecule has 0 saturated heterocycles. The Morgan fingerprint density at radius 2 is 2.57 bits per heavy atom. The fraction of sp³-hybridized carbons (Fsp3) is 0.333. The summed E-state index contributed by atoms with van der Waals surface area (Å²) in [5.74, 6) is -4.61. The summed E-state index contributed by atoms with van der Waals surface area (Å²) in [7, 11) is 1.26.